The van der Waals surface area contributed by atoms with E-state index in [0.717, 1.165) is 19.3 Å². The fourth-order valence-corrected chi connectivity index (χ4v) is 5.25. The van der Waals surface area contributed by atoms with Crippen LogP contribution in [0.25, 0.3) is 0 Å². The summed E-state index contributed by atoms with van der Waals surface area (Å²) in [5.41, 5.74) is 5.99. The van der Waals surface area contributed by atoms with Gasteiger partial charge in [0.2, 0.25) is 0 Å². The number of hydrogen-bond donors (Lipinski definition) is 1. The Morgan fingerprint density at radius 1 is 1.00 bits per heavy atom. The number of hydrogen-bond acceptors (Lipinski definition) is 4. The summed E-state index contributed by atoms with van der Waals surface area (Å²) in [4.78, 5) is 0. The summed E-state index contributed by atoms with van der Waals surface area (Å²) in [6, 6.07) is 0.257. The molecule has 0 amide bonds. The zero-order valence-electron chi connectivity index (χ0n) is 11.2. The van der Waals surface area contributed by atoms with E-state index in [2.05, 4.69) is 0 Å². The third-order valence-corrected chi connectivity index (χ3v) is 6.65. The van der Waals surface area contributed by atoms with Gasteiger partial charge in [0.05, 0.1) is 13.2 Å². The van der Waals surface area contributed by atoms with E-state index in [1.807, 2.05) is 0 Å². The highest BCUT2D eigenvalue weighted by atomic mass is 32.2. The molecule has 3 fully saturated rings. The summed E-state index contributed by atoms with van der Waals surface area (Å²) in [5, 5.41) is 0. The molecular weight excluding hydrogens is 266 g/mol. The van der Waals surface area contributed by atoms with Crippen LogP contribution in [0.5, 0.6) is 0 Å². The Hall–Kier alpha value is -0.210. The van der Waals surface area contributed by atoms with Gasteiger partial charge in [-0.15, -0.1) is 0 Å². The Morgan fingerprint density at radius 3 is 2.42 bits per heavy atom. The Bertz CT molecular complexity index is 422. The normalized spacial score (nSPS) is 38.3. The van der Waals surface area contributed by atoms with Crippen LogP contribution in [-0.2, 0) is 14.9 Å². The van der Waals surface area contributed by atoms with Gasteiger partial charge in [-0.1, -0.05) is 0 Å². The van der Waals surface area contributed by atoms with E-state index in [4.69, 9.17) is 10.5 Å². The lowest BCUT2D eigenvalue weighted by Crippen LogP contribution is -2.48. The Kier molecular flexibility index (Phi) is 3.83. The molecule has 1 aliphatic carbocycles. The maximum atomic E-state index is 12.6. The number of rotatable bonds is 2. The molecule has 0 aromatic rings. The largest absolute Gasteiger partial charge is 0.379 e. The fraction of sp³-hybridized carbons (Fsp3) is 1.00. The van der Waals surface area contributed by atoms with Crippen LogP contribution < -0.4 is 5.73 Å². The van der Waals surface area contributed by atoms with E-state index >= 15 is 0 Å². The molecular formula is C12H23N3O3S. The van der Waals surface area contributed by atoms with Crippen molar-refractivity contribution in [2.24, 2.45) is 17.6 Å². The molecule has 3 rings (SSSR count). The fourth-order valence-electron chi connectivity index (χ4n) is 3.55. The van der Waals surface area contributed by atoms with Crippen LogP contribution in [-0.4, -0.2) is 62.5 Å². The van der Waals surface area contributed by atoms with Gasteiger partial charge in [0.1, 0.15) is 0 Å². The summed E-state index contributed by atoms with van der Waals surface area (Å²) in [5.74, 6) is 0.968. The van der Waals surface area contributed by atoms with E-state index in [9.17, 15) is 8.42 Å². The molecule has 0 aromatic carbocycles. The smallest absolute Gasteiger partial charge is 0.282 e. The molecule has 2 aliphatic heterocycles. The first-order chi connectivity index (χ1) is 9.07. The van der Waals surface area contributed by atoms with Crippen molar-refractivity contribution in [1.29, 1.82) is 0 Å². The first-order valence-corrected chi connectivity index (χ1v) is 8.55. The second-order valence-electron chi connectivity index (χ2n) is 5.93. The number of morpholine rings is 1. The van der Waals surface area contributed by atoms with Gasteiger partial charge >= 0.3 is 0 Å². The predicted octanol–water partition coefficient (Wildman–Crippen LogP) is -0.377. The van der Waals surface area contributed by atoms with Gasteiger partial charge < -0.3 is 10.5 Å². The molecule has 0 aromatic heterocycles. The van der Waals surface area contributed by atoms with Gasteiger partial charge in [-0.05, 0) is 31.1 Å². The maximum Gasteiger partial charge on any atom is 0.282 e. The molecule has 2 saturated heterocycles. The highest BCUT2D eigenvalue weighted by Gasteiger charge is 2.43. The summed E-state index contributed by atoms with van der Waals surface area (Å²) in [6.07, 6.45) is 3.08. The van der Waals surface area contributed by atoms with Crippen LogP contribution in [0.15, 0.2) is 0 Å². The highest BCUT2D eigenvalue weighted by molar-refractivity contribution is 7.86. The van der Waals surface area contributed by atoms with Gasteiger partial charge in [0, 0.05) is 32.2 Å². The van der Waals surface area contributed by atoms with Crippen molar-refractivity contribution in [2.45, 2.75) is 25.3 Å². The van der Waals surface area contributed by atoms with Crippen molar-refractivity contribution in [1.82, 2.24) is 8.61 Å². The Morgan fingerprint density at radius 2 is 1.68 bits per heavy atom. The van der Waals surface area contributed by atoms with Crippen molar-refractivity contribution >= 4 is 10.2 Å². The lowest BCUT2D eigenvalue weighted by atomic mass is 9.79. The van der Waals surface area contributed by atoms with Gasteiger partial charge in [0.15, 0.2) is 0 Å². The van der Waals surface area contributed by atoms with Crippen molar-refractivity contribution < 1.29 is 13.2 Å². The van der Waals surface area contributed by atoms with Crippen molar-refractivity contribution in [3.8, 4) is 0 Å². The summed E-state index contributed by atoms with van der Waals surface area (Å²) >= 11 is 0. The van der Waals surface area contributed by atoms with Crippen LogP contribution >= 0.6 is 0 Å². The summed E-state index contributed by atoms with van der Waals surface area (Å²) in [7, 11) is -3.29. The third-order valence-electron chi connectivity index (χ3n) is 4.68. The summed E-state index contributed by atoms with van der Waals surface area (Å²) in [6.45, 7) is 3.30. The number of ether oxygens (including phenoxy) is 1. The molecule has 0 radical (unpaired) electrons. The van der Waals surface area contributed by atoms with Crippen LogP contribution in [0.2, 0.25) is 0 Å². The van der Waals surface area contributed by atoms with Crippen LogP contribution in [0, 0.1) is 11.8 Å². The van der Waals surface area contributed by atoms with Gasteiger partial charge in [-0.25, -0.2) is 0 Å². The molecule has 19 heavy (non-hydrogen) atoms. The molecule has 6 nitrogen and oxygen atoms in total. The molecule has 1 saturated carbocycles. The third kappa shape index (κ3) is 2.67. The average molecular weight is 289 g/mol. The first kappa shape index (κ1) is 13.8. The number of nitrogens with zero attached hydrogens (tertiary/aromatic N) is 2. The van der Waals surface area contributed by atoms with E-state index in [0.29, 0.717) is 51.2 Å². The van der Waals surface area contributed by atoms with Crippen LogP contribution in [0.3, 0.4) is 0 Å². The molecule has 3 atom stereocenters. The van der Waals surface area contributed by atoms with Gasteiger partial charge in [0.25, 0.3) is 10.2 Å². The minimum Gasteiger partial charge on any atom is -0.379 e. The van der Waals surface area contributed by atoms with E-state index < -0.39 is 10.2 Å². The maximum absolute atomic E-state index is 12.6. The number of fused-ring (bicyclic) bond motifs is 1. The minimum absolute atomic E-state index is 0.257. The standard InChI is InChI=1S/C12H23N3O3S/c13-12-2-1-10-8-15(9-11(10)7-12)19(16,17)14-3-5-18-6-4-14/h10-12H,1-9,13H2/t10-,11+,12?/m1/s1. The molecule has 110 valence electrons. The highest BCUT2D eigenvalue weighted by Crippen LogP contribution is 2.37. The number of nitrogens with two attached hydrogens (primary N) is 1. The SMILES string of the molecule is NC1CC[C@@H]2CN(S(=O)(=O)N3CCOCC3)C[C@@H]2C1. The van der Waals surface area contributed by atoms with E-state index in [1.54, 1.807) is 8.61 Å². The second kappa shape index (κ2) is 5.29. The molecule has 2 heterocycles. The van der Waals surface area contributed by atoms with Crippen molar-refractivity contribution in [3.05, 3.63) is 0 Å². The molecule has 0 spiro atoms. The van der Waals surface area contributed by atoms with E-state index in [1.165, 1.54) is 0 Å². The van der Waals surface area contributed by atoms with E-state index in [-0.39, 0.29) is 6.04 Å². The lowest BCUT2D eigenvalue weighted by molar-refractivity contribution is 0.0705. The second-order valence-corrected chi connectivity index (χ2v) is 7.86. The zero-order chi connectivity index (χ0) is 13.5. The van der Waals surface area contributed by atoms with Crippen molar-refractivity contribution in [2.75, 3.05) is 39.4 Å². The average Bonchev–Trinajstić information content (AvgIpc) is 2.83. The predicted molar refractivity (Wildman–Crippen MR) is 71.7 cm³/mol. The minimum atomic E-state index is -3.29. The molecule has 7 heteroatoms. The topological polar surface area (TPSA) is 75.9 Å². The molecule has 2 N–H and O–H groups in total. The Balaban J connectivity index is 1.69. The van der Waals surface area contributed by atoms with Gasteiger partial charge in [-0.3, -0.25) is 0 Å². The molecule has 1 unspecified atom stereocenters. The first-order valence-electron chi connectivity index (χ1n) is 7.16. The van der Waals surface area contributed by atoms with Crippen LogP contribution in [0.1, 0.15) is 19.3 Å². The van der Waals surface area contributed by atoms with Gasteiger partial charge in [-0.2, -0.15) is 17.0 Å². The molecule has 3 aliphatic rings. The van der Waals surface area contributed by atoms with Crippen LogP contribution in [0.4, 0.5) is 0 Å². The Labute approximate surface area is 115 Å². The lowest BCUT2D eigenvalue weighted by Gasteiger charge is -2.30. The van der Waals surface area contributed by atoms with Crippen molar-refractivity contribution in [3.63, 3.8) is 0 Å². The summed E-state index contributed by atoms with van der Waals surface area (Å²) < 4.78 is 33.6. The quantitative estimate of drug-likeness (QED) is 0.752. The zero-order valence-corrected chi connectivity index (χ0v) is 12.0. The molecule has 0 bridgehead atoms. The monoisotopic (exact) mass is 289 g/mol.